The van der Waals surface area contributed by atoms with Gasteiger partial charge in [0.15, 0.2) is 0 Å². The standard InChI is InChI=1S/C12H25N3O/c1-11(2)15-6-4-14(5-7-15)10-12-9-13-3-8-16-12/h11-13H,3-10H2,1-2H3. The van der Waals surface area contributed by atoms with Gasteiger partial charge in [-0.1, -0.05) is 0 Å². The lowest BCUT2D eigenvalue weighted by Gasteiger charge is -2.38. The second-order valence-electron chi connectivity index (χ2n) is 5.13. The molecule has 2 rings (SSSR count). The maximum Gasteiger partial charge on any atom is 0.0826 e. The van der Waals surface area contributed by atoms with E-state index in [4.69, 9.17) is 4.74 Å². The van der Waals surface area contributed by atoms with E-state index in [9.17, 15) is 0 Å². The fourth-order valence-corrected chi connectivity index (χ4v) is 2.49. The predicted molar refractivity (Wildman–Crippen MR) is 65.8 cm³/mol. The molecule has 2 aliphatic heterocycles. The number of nitrogens with zero attached hydrogens (tertiary/aromatic N) is 2. The van der Waals surface area contributed by atoms with Gasteiger partial charge in [0, 0.05) is 51.9 Å². The first-order chi connectivity index (χ1) is 7.75. The van der Waals surface area contributed by atoms with Crippen molar-refractivity contribution in [2.45, 2.75) is 26.0 Å². The summed E-state index contributed by atoms with van der Waals surface area (Å²) < 4.78 is 5.74. The topological polar surface area (TPSA) is 27.7 Å². The summed E-state index contributed by atoms with van der Waals surface area (Å²) in [4.78, 5) is 5.09. The monoisotopic (exact) mass is 227 g/mol. The summed E-state index contributed by atoms with van der Waals surface area (Å²) >= 11 is 0. The van der Waals surface area contributed by atoms with Gasteiger partial charge in [-0.3, -0.25) is 9.80 Å². The number of nitrogens with one attached hydrogen (secondary N) is 1. The van der Waals surface area contributed by atoms with Gasteiger partial charge in [0.25, 0.3) is 0 Å². The number of hydrogen-bond donors (Lipinski definition) is 1. The minimum Gasteiger partial charge on any atom is -0.374 e. The molecule has 16 heavy (non-hydrogen) atoms. The Morgan fingerprint density at radius 2 is 2.00 bits per heavy atom. The van der Waals surface area contributed by atoms with Crippen molar-refractivity contribution in [3.05, 3.63) is 0 Å². The Balaban J connectivity index is 1.68. The van der Waals surface area contributed by atoms with Crippen molar-refractivity contribution in [1.29, 1.82) is 0 Å². The van der Waals surface area contributed by atoms with Crippen molar-refractivity contribution in [3.63, 3.8) is 0 Å². The quantitative estimate of drug-likeness (QED) is 0.734. The van der Waals surface area contributed by atoms with Crippen LogP contribution in [0.3, 0.4) is 0 Å². The van der Waals surface area contributed by atoms with E-state index < -0.39 is 0 Å². The first kappa shape index (κ1) is 12.3. The van der Waals surface area contributed by atoms with Crippen LogP contribution in [0, 0.1) is 0 Å². The lowest BCUT2D eigenvalue weighted by Crippen LogP contribution is -2.53. The number of rotatable bonds is 3. The van der Waals surface area contributed by atoms with E-state index in [-0.39, 0.29) is 0 Å². The van der Waals surface area contributed by atoms with Crippen LogP contribution >= 0.6 is 0 Å². The molecule has 2 heterocycles. The Kier molecular flexibility index (Phi) is 4.58. The van der Waals surface area contributed by atoms with Gasteiger partial charge in [-0.05, 0) is 13.8 Å². The van der Waals surface area contributed by atoms with Crippen molar-refractivity contribution in [2.75, 3.05) is 52.4 Å². The van der Waals surface area contributed by atoms with E-state index in [0.29, 0.717) is 12.1 Å². The van der Waals surface area contributed by atoms with Gasteiger partial charge in [0.2, 0.25) is 0 Å². The maximum atomic E-state index is 5.74. The van der Waals surface area contributed by atoms with E-state index in [2.05, 4.69) is 29.0 Å². The second kappa shape index (κ2) is 5.96. The first-order valence-corrected chi connectivity index (χ1v) is 6.54. The average molecular weight is 227 g/mol. The molecule has 1 unspecified atom stereocenters. The molecule has 0 aromatic heterocycles. The molecular formula is C12H25N3O. The first-order valence-electron chi connectivity index (χ1n) is 6.54. The summed E-state index contributed by atoms with van der Waals surface area (Å²) in [5.41, 5.74) is 0. The number of ether oxygens (including phenoxy) is 1. The Morgan fingerprint density at radius 1 is 1.25 bits per heavy atom. The normalized spacial score (nSPS) is 29.8. The summed E-state index contributed by atoms with van der Waals surface area (Å²) in [7, 11) is 0. The highest BCUT2D eigenvalue weighted by Gasteiger charge is 2.22. The molecule has 0 saturated carbocycles. The van der Waals surface area contributed by atoms with Crippen LogP contribution < -0.4 is 5.32 Å². The molecule has 1 atom stereocenters. The zero-order valence-corrected chi connectivity index (χ0v) is 10.6. The molecule has 2 aliphatic rings. The average Bonchev–Trinajstić information content (AvgIpc) is 2.31. The van der Waals surface area contributed by atoms with Crippen molar-refractivity contribution in [2.24, 2.45) is 0 Å². The lowest BCUT2D eigenvalue weighted by atomic mass is 10.2. The minimum absolute atomic E-state index is 0.402. The highest BCUT2D eigenvalue weighted by atomic mass is 16.5. The minimum atomic E-state index is 0.402. The molecule has 0 bridgehead atoms. The number of morpholine rings is 1. The molecule has 2 saturated heterocycles. The van der Waals surface area contributed by atoms with Gasteiger partial charge < -0.3 is 10.1 Å². The molecule has 0 aromatic rings. The third-order valence-electron chi connectivity index (χ3n) is 3.60. The van der Waals surface area contributed by atoms with Crippen LogP contribution in [0.25, 0.3) is 0 Å². The van der Waals surface area contributed by atoms with Gasteiger partial charge in [-0.2, -0.15) is 0 Å². The van der Waals surface area contributed by atoms with Gasteiger partial charge in [0.1, 0.15) is 0 Å². The van der Waals surface area contributed by atoms with Crippen molar-refractivity contribution in [3.8, 4) is 0 Å². The molecule has 1 N–H and O–H groups in total. The molecular weight excluding hydrogens is 202 g/mol. The summed E-state index contributed by atoms with van der Waals surface area (Å²) in [5.74, 6) is 0. The van der Waals surface area contributed by atoms with Gasteiger partial charge in [0.05, 0.1) is 12.7 Å². The molecule has 0 aliphatic carbocycles. The fourth-order valence-electron chi connectivity index (χ4n) is 2.49. The molecule has 0 aromatic carbocycles. The van der Waals surface area contributed by atoms with Gasteiger partial charge >= 0.3 is 0 Å². The van der Waals surface area contributed by atoms with E-state index in [0.717, 1.165) is 26.2 Å². The zero-order valence-electron chi connectivity index (χ0n) is 10.6. The largest absolute Gasteiger partial charge is 0.374 e. The van der Waals surface area contributed by atoms with Crippen LogP contribution in [0.1, 0.15) is 13.8 Å². The summed E-state index contributed by atoms with van der Waals surface area (Å²) in [6, 6.07) is 0.690. The lowest BCUT2D eigenvalue weighted by molar-refractivity contribution is -0.00617. The Hall–Kier alpha value is -0.160. The molecule has 0 amide bonds. The molecule has 4 heteroatoms. The summed E-state index contributed by atoms with van der Waals surface area (Å²) in [6.45, 7) is 13.4. The van der Waals surface area contributed by atoms with Gasteiger partial charge in [-0.25, -0.2) is 0 Å². The smallest absolute Gasteiger partial charge is 0.0826 e. The molecule has 2 fully saturated rings. The van der Waals surface area contributed by atoms with Crippen LogP contribution in [-0.2, 0) is 4.74 Å². The fraction of sp³-hybridized carbons (Fsp3) is 1.00. The molecule has 0 spiro atoms. The Labute approximate surface area is 98.9 Å². The van der Waals surface area contributed by atoms with Crippen LogP contribution in [0.2, 0.25) is 0 Å². The van der Waals surface area contributed by atoms with E-state index in [1.165, 1.54) is 26.2 Å². The van der Waals surface area contributed by atoms with Crippen molar-refractivity contribution >= 4 is 0 Å². The molecule has 4 nitrogen and oxygen atoms in total. The zero-order chi connectivity index (χ0) is 11.4. The highest BCUT2D eigenvalue weighted by molar-refractivity contribution is 4.78. The van der Waals surface area contributed by atoms with Crippen LogP contribution in [0.15, 0.2) is 0 Å². The van der Waals surface area contributed by atoms with E-state index >= 15 is 0 Å². The summed E-state index contributed by atoms with van der Waals surface area (Å²) in [5, 5.41) is 3.39. The Morgan fingerprint density at radius 3 is 2.56 bits per heavy atom. The maximum absolute atomic E-state index is 5.74. The number of hydrogen-bond acceptors (Lipinski definition) is 4. The molecule has 94 valence electrons. The van der Waals surface area contributed by atoms with E-state index in [1.54, 1.807) is 0 Å². The van der Waals surface area contributed by atoms with Crippen LogP contribution in [-0.4, -0.2) is 74.4 Å². The van der Waals surface area contributed by atoms with E-state index in [1.807, 2.05) is 0 Å². The SMILES string of the molecule is CC(C)N1CCN(CC2CNCCO2)CC1. The predicted octanol–water partition coefficient (Wildman–Crippen LogP) is 0.000800. The molecule has 0 radical (unpaired) electrons. The summed E-state index contributed by atoms with van der Waals surface area (Å²) in [6.07, 6.45) is 0.402. The number of piperazine rings is 1. The third kappa shape index (κ3) is 3.42. The Bertz CT molecular complexity index is 196. The third-order valence-corrected chi connectivity index (χ3v) is 3.60. The van der Waals surface area contributed by atoms with Crippen molar-refractivity contribution < 1.29 is 4.74 Å². The van der Waals surface area contributed by atoms with Crippen LogP contribution in [0.4, 0.5) is 0 Å². The van der Waals surface area contributed by atoms with Crippen molar-refractivity contribution in [1.82, 2.24) is 15.1 Å². The highest BCUT2D eigenvalue weighted by Crippen LogP contribution is 2.07. The van der Waals surface area contributed by atoms with Gasteiger partial charge in [-0.15, -0.1) is 0 Å². The van der Waals surface area contributed by atoms with Crippen LogP contribution in [0.5, 0.6) is 0 Å². The second-order valence-corrected chi connectivity index (χ2v) is 5.13.